The van der Waals surface area contributed by atoms with Crippen molar-refractivity contribution in [2.75, 3.05) is 13.1 Å². The van der Waals surface area contributed by atoms with Crippen molar-refractivity contribution < 1.29 is 5.11 Å². The van der Waals surface area contributed by atoms with Gasteiger partial charge in [0.2, 0.25) is 0 Å². The van der Waals surface area contributed by atoms with Crippen LogP contribution in [0.4, 0.5) is 0 Å². The van der Waals surface area contributed by atoms with Crippen LogP contribution in [-0.4, -0.2) is 34.3 Å². The van der Waals surface area contributed by atoms with E-state index in [0.29, 0.717) is 5.69 Å². The molecule has 0 atom stereocenters. The van der Waals surface area contributed by atoms with Crippen LogP contribution in [0, 0.1) is 0 Å². The Kier molecular flexibility index (Phi) is 4.76. The minimum Gasteiger partial charge on any atom is -0.384 e. The average Bonchev–Trinajstić information content (AvgIpc) is 2.60. The number of aliphatic hydroxyl groups is 1. The summed E-state index contributed by atoms with van der Waals surface area (Å²) in [4.78, 5) is 11.1. The van der Waals surface area contributed by atoms with Crippen LogP contribution >= 0.6 is 0 Å². The Balaban J connectivity index is 1.69. The molecular weight excluding hydrogens is 298 g/mol. The molecule has 0 saturated heterocycles. The second-order valence-corrected chi connectivity index (χ2v) is 6.55. The van der Waals surface area contributed by atoms with Gasteiger partial charge in [0.05, 0.1) is 17.9 Å². The van der Waals surface area contributed by atoms with Gasteiger partial charge in [-0.3, -0.25) is 9.98 Å². The van der Waals surface area contributed by atoms with Crippen molar-refractivity contribution in [2.45, 2.75) is 25.9 Å². The van der Waals surface area contributed by atoms with Gasteiger partial charge in [-0.25, -0.2) is 0 Å². The summed E-state index contributed by atoms with van der Waals surface area (Å²) in [5.41, 5.74) is 2.94. The van der Waals surface area contributed by atoms with E-state index >= 15 is 0 Å². The molecule has 1 aromatic carbocycles. The number of aromatic nitrogens is 1. The predicted octanol–water partition coefficient (Wildman–Crippen LogP) is 3.24. The highest BCUT2D eigenvalue weighted by atomic mass is 16.3. The summed E-state index contributed by atoms with van der Waals surface area (Å²) >= 11 is 0. The van der Waals surface area contributed by atoms with Gasteiger partial charge in [-0.2, -0.15) is 0 Å². The van der Waals surface area contributed by atoms with Crippen LogP contribution in [0.15, 0.2) is 59.9 Å². The standard InChI is InChI=1S/C20H23N3O/c1-20(2,24)19-9-8-17(14-22-19)18-15-23(13-11-21-18)12-10-16-6-4-3-5-7-16/h3-9,11,14-15,24H,10,12-13H2,1-2H3. The Morgan fingerprint density at radius 1 is 1.12 bits per heavy atom. The number of benzene rings is 1. The Morgan fingerprint density at radius 2 is 1.92 bits per heavy atom. The predicted molar refractivity (Wildman–Crippen MR) is 97.7 cm³/mol. The number of pyridine rings is 1. The van der Waals surface area contributed by atoms with Crippen molar-refractivity contribution in [1.82, 2.24) is 9.88 Å². The molecule has 124 valence electrons. The fourth-order valence-electron chi connectivity index (χ4n) is 2.63. The van der Waals surface area contributed by atoms with Crippen molar-refractivity contribution in [3.05, 3.63) is 71.7 Å². The maximum atomic E-state index is 10.00. The molecule has 1 aliphatic heterocycles. The second kappa shape index (κ2) is 6.97. The molecule has 0 bridgehead atoms. The third-order valence-electron chi connectivity index (χ3n) is 4.07. The SMILES string of the molecule is CC(C)(O)c1ccc(C2=CN(CCc3ccccc3)CC=N2)cn1. The van der Waals surface area contributed by atoms with Crippen molar-refractivity contribution in [1.29, 1.82) is 0 Å². The molecule has 0 aliphatic carbocycles. The van der Waals surface area contributed by atoms with Gasteiger partial charge >= 0.3 is 0 Å². The zero-order valence-electron chi connectivity index (χ0n) is 14.2. The highest BCUT2D eigenvalue weighted by Crippen LogP contribution is 2.22. The molecule has 24 heavy (non-hydrogen) atoms. The van der Waals surface area contributed by atoms with Crippen LogP contribution in [0.1, 0.15) is 30.7 Å². The number of aliphatic imine (C=N–C) groups is 1. The largest absolute Gasteiger partial charge is 0.384 e. The van der Waals surface area contributed by atoms with Gasteiger partial charge in [0.1, 0.15) is 5.60 Å². The Labute approximate surface area is 143 Å². The molecule has 2 heterocycles. The van der Waals surface area contributed by atoms with Crippen molar-refractivity contribution in [2.24, 2.45) is 4.99 Å². The first-order valence-electron chi connectivity index (χ1n) is 8.24. The van der Waals surface area contributed by atoms with Crippen molar-refractivity contribution in [3.8, 4) is 0 Å². The first-order valence-corrected chi connectivity index (χ1v) is 8.24. The summed E-state index contributed by atoms with van der Waals surface area (Å²) in [6, 6.07) is 14.3. The molecule has 1 N–H and O–H groups in total. The molecule has 0 radical (unpaired) electrons. The minimum atomic E-state index is -0.926. The number of hydrogen-bond acceptors (Lipinski definition) is 4. The van der Waals surface area contributed by atoms with Gasteiger partial charge < -0.3 is 10.0 Å². The van der Waals surface area contributed by atoms with Crippen LogP contribution in [0.2, 0.25) is 0 Å². The van der Waals surface area contributed by atoms with Crippen LogP contribution in [0.3, 0.4) is 0 Å². The van der Waals surface area contributed by atoms with Crippen molar-refractivity contribution in [3.63, 3.8) is 0 Å². The van der Waals surface area contributed by atoms with Crippen LogP contribution in [0.25, 0.3) is 5.70 Å². The van der Waals surface area contributed by atoms with Crippen LogP contribution in [0.5, 0.6) is 0 Å². The average molecular weight is 321 g/mol. The summed E-state index contributed by atoms with van der Waals surface area (Å²) in [7, 11) is 0. The molecule has 2 aromatic rings. The summed E-state index contributed by atoms with van der Waals surface area (Å²) in [6.07, 6.45) is 6.81. The first-order chi connectivity index (χ1) is 11.5. The van der Waals surface area contributed by atoms with E-state index in [1.165, 1.54) is 5.56 Å². The lowest BCUT2D eigenvalue weighted by molar-refractivity contribution is 0.0738. The second-order valence-electron chi connectivity index (χ2n) is 6.55. The molecule has 4 nitrogen and oxygen atoms in total. The lowest BCUT2D eigenvalue weighted by Gasteiger charge is -2.23. The monoisotopic (exact) mass is 321 g/mol. The number of hydrogen-bond donors (Lipinski definition) is 1. The van der Waals surface area contributed by atoms with Gasteiger partial charge in [-0.05, 0) is 38.0 Å². The maximum Gasteiger partial charge on any atom is 0.101 e. The van der Waals surface area contributed by atoms with E-state index in [9.17, 15) is 5.11 Å². The zero-order valence-corrected chi connectivity index (χ0v) is 14.2. The van der Waals surface area contributed by atoms with E-state index in [1.54, 1.807) is 20.0 Å². The molecule has 3 rings (SSSR count). The summed E-state index contributed by atoms with van der Waals surface area (Å²) < 4.78 is 0. The number of rotatable bonds is 5. The normalized spacial score (nSPS) is 14.6. The highest BCUT2D eigenvalue weighted by molar-refractivity contribution is 5.76. The van der Waals surface area contributed by atoms with Gasteiger partial charge in [-0.15, -0.1) is 0 Å². The first kappa shape index (κ1) is 16.4. The van der Waals surface area contributed by atoms with Crippen LogP contribution < -0.4 is 0 Å². The van der Waals surface area contributed by atoms with E-state index in [1.807, 2.05) is 24.4 Å². The van der Waals surface area contributed by atoms with E-state index in [4.69, 9.17) is 0 Å². The van der Waals surface area contributed by atoms with Gasteiger partial charge in [0.25, 0.3) is 0 Å². The maximum absolute atomic E-state index is 10.00. The molecule has 0 amide bonds. The summed E-state index contributed by atoms with van der Waals surface area (Å²) in [5, 5.41) is 10.00. The Bertz CT molecular complexity index is 728. The molecule has 4 heteroatoms. The molecule has 0 spiro atoms. The van der Waals surface area contributed by atoms with Crippen LogP contribution in [-0.2, 0) is 12.0 Å². The molecular formula is C20H23N3O. The lowest BCUT2D eigenvalue weighted by Crippen LogP contribution is -2.25. The van der Waals surface area contributed by atoms with E-state index in [-0.39, 0.29) is 0 Å². The Morgan fingerprint density at radius 3 is 2.58 bits per heavy atom. The highest BCUT2D eigenvalue weighted by Gasteiger charge is 2.18. The van der Waals surface area contributed by atoms with E-state index < -0.39 is 5.60 Å². The van der Waals surface area contributed by atoms with E-state index in [2.05, 4.69) is 45.3 Å². The number of nitrogens with zero attached hydrogens (tertiary/aromatic N) is 3. The van der Waals surface area contributed by atoms with Gasteiger partial charge in [0, 0.05) is 30.7 Å². The fraction of sp³-hybridized carbons (Fsp3) is 0.300. The zero-order chi connectivity index (χ0) is 17.0. The topological polar surface area (TPSA) is 48.7 Å². The molecule has 0 saturated carbocycles. The third kappa shape index (κ3) is 4.09. The van der Waals surface area contributed by atoms with E-state index in [0.717, 1.165) is 30.8 Å². The quantitative estimate of drug-likeness (QED) is 0.920. The lowest BCUT2D eigenvalue weighted by atomic mass is 10.0. The molecule has 1 aliphatic rings. The van der Waals surface area contributed by atoms with Gasteiger partial charge in [-0.1, -0.05) is 30.3 Å². The minimum absolute atomic E-state index is 0.660. The fourth-order valence-corrected chi connectivity index (χ4v) is 2.63. The summed E-state index contributed by atoms with van der Waals surface area (Å²) in [5.74, 6) is 0. The molecule has 0 unspecified atom stereocenters. The third-order valence-corrected chi connectivity index (χ3v) is 4.07. The Hall–Kier alpha value is -2.46. The smallest absolute Gasteiger partial charge is 0.101 e. The van der Waals surface area contributed by atoms with Crippen molar-refractivity contribution >= 4 is 11.9 Å². The summed E-state index contributed by atoms with van der Waals surface area (Å²) in [6.45, 7) is 5.25. The van der Waals surface area contributed by atoms with Gasteiger partial charge in [0.15, 0.2) is 0 Å². The molecule has 0 fully saturated rings. The molecule has 1 aromatic heterocycles.